The molecule has 0 spiro atoms. The minimum absolute atomic E-state index is 0.0736. The zero-order chi connectivity index (χ0) is 25.7. The molecule has 0 rings (SSSR count). The molecule has 0 amide bonds. The van der Waals surface area contributed by atoms with Gasteiger partial charge in [0.15, 0.2) is 0 Å². The van der Waals surface area contributed by atoms with Crippen LogP contribution in [0.15, 0.2) is 0 Å². The number of rotatable bonds is 25. The first kappa shape index (κ1) is 36.1. The third-order valence-electron chi connectivity index (χ3n) is 6.55. The number of hydrogen-bond acceptors (Lipinski definition) is 2. The van der Waals surface area contributed by atoms with E-state index in [4.69, 9.17) is 5.11 Å². The molecule has 0 fully saturated rings. The molecule has 2 radical (unpaired) electrons. The Bertz CT molecular complexity index is 397. The quantitative estimate of drug-likeness (QED) is 0.0657. The Morgan fingerprint density at radius 2 is 0.882 bits per heavy atom. The number of carbonyl (C=O) groups excluding carboxylic acids is 1. The fourth-order valence-corrected chi connectivity index (χ4v) is 7.74. The van der Waals surface area contributed by atoms with Gasteiger partial charge in [0.1, 0.15) is 11.7 Å². The van der Waals surface area contributed by atoms with Crippen molar-refractivity contribution in [2.24, 2.45) is 5.92 Å². The SMILES string of the molecule is CCCCCCCCCCC(C(C)=O)C(=O)O.CCCCCCC[CH2][Sn][CH2]CCCCCCC. The van der Waals surface area contributed by atoms with E-state index in [0.717, 1.165) is 19.3 Å². The van der Waals surface area contributed by atoms with Crippen LogP contribution in [-0.4, -0.2) is 38.0 Å². The molecule has 1 atom stereocenters. The van der Waals surface area contributed by atoms with Crippen LogP contribution in [0, 0.1) is 5.92 Å². The normalized spacial score (nSPS) is 11.6. The number of aliphatic carboxylic acids is 1. The first-order valence-corrected chi connectivity index (χ1v) is 19.0. The van der Waals surface area contributed by atoms with E-state index in [-0.39, 0.29) is 26.9 Å². The molecule has 34 heavy (non-hydrogen) atoms. The van der Waals surface area contributed by atoms with Gasteiger partial charge in [0.25, 0.3) is 0 Å². The number of unbranched alkanes of at least 4 members (excludes halogenated alkanes) is 17. The minimum atomic E-state index is -0.972. The molecule has 1 unspecified atom stereocenters. The molecule has 0 aliphatic carbocycles. The summed E-state index contributed by atoms with van der Waals surface area (Å²) < 4.78 is 3.31. The predicted octanol–water partition coefficient (Wildman–Crippen LogP) is 10.1. The van der Waals surface area contributed by atoms with Crippen LogP contribution in [0.5, 0.6) is 0 Å². The Morgan fingerprint density at radius 3 is 1.21 bits per heavy atom. The average Bonchev–Trinajstić information content (AvgIpc) is 2.81. The molecule has 0 aromatic rings. The van der Waals surface area contributed by atoms with Gasteiger partial charge in [-0.25, -0.2) is 0 Å². The second kappa shape index (κ2) is 31.0. The fraction of sp³-hybridized carbons (Fsp3) is 0.933. The van der Waals surface area contributed by atoms with Crippen molar-refractivity contribution in [3.63, 3.8) is 0 Å². The molecule has 4 heteroatoms. The number of ketones is 1. The van der Waals surface area contributed by atoms with Crippen LogP contribution >= 0.6 is 0 Å². The Morgan fingerprint density at radius 1 is 0.559 bits per heavy atom. The van der Waals surface area contributed by atoms with Gasteiger partial charge in [-0.3, -0.25) is 9.59 Å². The van der Waals surface area contributed by atoms with E-state index in [2.05, 4.69) is 20.8 Å². The number of carboxylic acid groups (broad SMARTS) is 1. The molecule has 1 N–H and O–H groups in total. The monoisotopic (exact) mass is 588 g/mol. The van der Waals surface area contributed by atoms with E-state index in [9.17, 15) is 9.59 Å². The van der Waals surface area contributed by atoms with E-state index in [1.54, 1.807) is 21.7 Å². The van der Waals surface area contributed by atoms with Gasteiger partial charge in [-0.15, -0.1) is 0 Å². The number of carboxylic acids is 1. The maximum atomic E-state index is 11.0. The molecular formula is C30H60O3Sn. The molecule has 3 nitrogen and oxygen atoms in total. The van der Waals surface area contributed by atoms with Crippen LogP contribution in [0.1, 0.15) is 163 Å². The molecule has 0 aliphatic rings. The van der Waals surface area contributed by atoms with E-state index in [1.807, 2.05) is 0 Å². The number of carbonyl (C=O) groups is 2. The van der Waals surface area contributed by atoms with Crippen molar-refractivity contribution >= 4 is 32.9 Å². The number of Topliss-reactive ketones (excluding diaryl/α,β-unsaturated/α-hetero) is 1. The van der Waals surface area contributed by atoms with Crippen LogP contribution in [0.4, 0.5) is 0 Å². The molecule has 0 heterocycles. The van der Waals surface area contributed by atoms with E-state index < -0.39 is 11.9 Å². The van der Waals surface area contributed by atoms with Gasteiger partial charge in [-0.2, -0.15) is 0 Å². The third-order valence-corrected chi connectivity index (χ3v) is 10.6. The molecule has 0 aromatic heterocycles. The topological polar surface area (TPSA) is 54.4 Å². The standard InChI is InChI=1S/C14H26O3.2C8H17.Sn/c1-3-4-5-6-7-8-9-10-11-13(12(2)15)14(16)17;2*1-3-5-7-8-6-4-2;/h13H,3-11H2,1-2H3,(H,16,17);2*1,3-8H2,2H3;. The van der Waals surface area contributed by atoms with E-state index in [0.29, 0.717) is 6.42 Å². The van der Waals surface area contributed by atoms with E-state index >= 15 is 0 Å². The maximum absolute atomic E-state index is 11.0. The summed E-state index contributed by atoms with van der Waals surface area (Å²) in [6.07, 6.45) is 27.8. The van der Waals surface area contributed by atoms with Crippen molar-refractivity contribution < 1.29 is 14.7 Å². The predicted molar refractivity (Wildman–Crippen MR) is 151 cm³/mol. The van der Waals surface area contributed by atoms with Crippen LogP contribution in [-0.2, 0) is 9.59 Å². The van der Waals surface area contributed by atoms with Gasteiger partial charge in [0.2, 0.25) is 0 Å². The van der Waals surface area contributed by atoms with Crippen molar-refractivity contribution in [3.05, 3.63) is 0 Å². The zero-order valence-electron chi connectivity index (χ0n) is 23.6. The fourth-order valence-electron chi connectivity index (χ4n) is 4.17. The van der Waals surface area contributed by atoms with Crippen LogP contribution in [0.25, 0.3) is 0 Å². The van der Waals surface area contributed by atoms with Gasteiger partial charge >= 0.3 is 127 Å². The molecule has 0 aromatic carbocycles. The van der Waals surface area contributed by atoms with Crippen molar-refractivity contribution in [1.29, 1.82) is 0 Å². The van der Waals surface area contributed by atoms with E-state index in [1.165, 1.54) is 103 Å². The van der Waals surface area contributed by atoms with Crippen LogP contribution < -0.4 is 0 Å². The molecule has 0 saturated heterocycles. The Kier molecular flexibility index (Phi) is 32.9. The summed E-state index contributed by atoms with van der Waals surface area (Å²) in [5, 5.41) is 8.82. The second-order valence-electron chi connectivity index (χ2n) is 10.1. The summed E-state index contributed by atoms with van der Waals surface area (Å²) in [6, 6.07) is 0. The Hall–Kier alpha value is -0.0613. The Balaban J connectivity index is 0. The van der Waals surface area contributed by atoms with Crippen molar-refractivity contribution in [1.82, 2.24) is 0 Å². The molecular weight excluding hydrogens is 527 g/mol. The summed E-state index contributed by atoms with van der Waals surface area (Å²) in [7, 11) is 0. The first-order valence-electron chi connectivity index (χ1n) is 14.9. The van der Waals surface area contributed by atoms with Crippen LogP contribution in [0.2, 0.25) is 8.87 Å². The average molecular weight is 588 g/mol. The first-order chi connectivity index (χ1) is 16.5. The molecule has 0 aliphatic heterocycles. The van der Waals surface area contributed by atoms with Gasteiger partial charge in [-0.05, 0) is 13.3 Å². The summed E-state index contributed by atoms with van der Waals surface area (Å²) in [5.74, 6) is -1.98. The zero-order valence-corrected chi connectivity index (χ0v) is 26.5. The van der Waals surface area contributed by atoms with Crippen LogP contribution in [0.3, 0.4) is 0 Å². The van der Waals surface area contributed by atoms with Crippen molar-refractivity contribution in [2.75, 3.05) is 0 Å². The van der Waals surface area contributed by atoms with Crippen molar-refractivity contribution in [2.45, 2.75) is 171 Å². The second-order valence-corrected chi connectivity index (χ2v) is 14.3. The van der Waals surface area contributed by atoms with Gasteiger partial charge in [0.05, 0.1) is 0 Å². The molecule has 0 saturated carbocycles. The van der Waals surface area contributed by atoms with Crippen molar-refractivity contribution in [3.8, 4) is 0 Å². The van der Waals surface area contributed by atoms with Gasteiger partial charge in [0, 0.05) is 0 Å². The number of hydrogen-bond donors (Lipinski definition) is 1. The van der Waals surface area contributed by atoms with Gasteiger partial charge < -0.3 is 5.11 Å². The Labute approximate surface area is 224 Å². The summed E-state index contributed by atoms with van der Waals surface area (Å²) in [4.78, 5) is 21.8. The third kappa shape index (κ3) is 30.0. The molecule has 202 valence electrons. The van der Waals surface area contributed by atoms with Gasteiger partial charge in [-0.1, -0.05) is 58.3 Å². The summed E-state index contributed by atoms with van der Waals surface area (Å²) in [5.41, 5.74) is 0. The molecule has 0 bridgehead atoms. The summed E-state index contributed by atoms with van der Waals surface area (Å²) in [6.45, 7) is 8.17. The summed E-state index contributed by atoms with van der Waals surface area (Å²) >= 11 is 0.0736.